The van der Waals surface area contributed by atoms with Gasteiger partial charge in [0.2, 0.25) is 0 Å². The van der Waals surface area contributed by atoms with Gasteiger partial charge in [0.05, 0.1) is 31.4 Å². The van der Waals surface area contributed by atoms with Crippen LogP contribution in [0.1, 0.15) is 62.2 Å². The van der Waals surface area contributed by atoms with Gasteiger partial charge in [-0.25, -0.2) is 4.98 Å². The van der Waals surface area contributed by atoms with Gasteiger partial charge in [-0.2, -0.15) is 0 Å². The lowest BCUT2D eigenvalue weighted by Crippen LogP contribution is -2.67. The molecule has 10 aromatic rings. The SMILES string of the molecule is [2H]c1c([2H])c([2H])c(-c2cccc(-c3c([2H])c([2H])c([2H])c([2H])c3[2H])c2[N@+]23[CH-][N@+](c4cccc(Oc5ccc6c7cc(-c8ccccc8)ccc7n(-c7cc(C(C)(C)C)ccn7)c6c5)c4)(C2)c2cccc(C([2H])([2H])C(C)C)c23)c([2H])c1[2H]. The van der Waals surface area contributed by atoms with E-state index >= 15 is 0 Å². The number of para-hydroxylation sites is 2. The van der Waals surface area contributed by atoms with E-state index in [9.17, 15) is 8.22 Å². The Hall–Kier alpha value is -7.57. The molecule has 1 fully saturated rings. The minimum atomic E-state index is -1.95. The highest BCUT2D eigenvalue weighted by atomic mass is 16.5. The minimum absolute atomic E-state index is 0.0379. The summed E-state index contributed by atoms with van der Waals surface area (Å²) in [6.07, 6.45) is -0.0967. The van der Waals surface area contributed by atoms with Crippen LogP contribution in [0, 0.1) is 12.6 Å². The Kier molecular flexibility index (Phi) is 7.24. The molecule has 3 aliphatic heterocycles. The van der Waals surface area contributed by atoms with Crippen molar-refractivity contribution >= 4 is 44.6 Å². The van der Waals surface area contributed by atoms with E-state index in [0.29, 0.717) is 28.4 Å². The third-order valence-corrected chi connectivity index (χ3v) is 13.3. The van der Waals surface area contributed by atoms with Crippen molar-refractivity contribution in [2.45, 2.75) is 46.4 Å². The number of hydrogen-bond donors (Lipinski definition) is 0. The Morgan fingerprint density at radius 3 is 2.03 bits per heavy atom. The first-order valence-corrected chi connectivity index (χ1v) is 22.9. The van der Waals surface area contributed by atoms with Crippen LogP contribution in [0.2, 0.25) is 0 Å². The monoisotopic (exact) mass is 896 g/mol. The normalized spacial score (nSPS) is 20.1. The van der Waals surface area contributed by atoms with Crippen molar-refractivity contribution in [3.8, 4) is 50.7 Å². The topological polar surface area (TPSA) is 27.1 Å². The molecule has 0 unspecified atom stereocenters. The predicted octanol–water partition coefficient (Wildman–Crippen LogP) is 16.8. The van der Waals surface area contributed by atoms with Crippen LogP contribution in [0.15, 0.2) is 206 Å². The molecule has 0 aliphatic carbocycles. The lowest BCUT2D eigenvalue weighted by atomic mass is 9.88. The summed E-state index contributed by atoms with van der Waals surface area (Å²) in [6, 6.07) is 39.6. The molecule has 0 saturated carbocycles. The number of aromatic nitrogens is 2. The molecule has 2 bridgehead atoms. The van der Waals surface area contributed by atoms with Crippen LogP contribution in [0.3, 0.4) is 0 Å². The predicted molar refractivity (Wildman–Crippen MR) is 284 cm³/mol. The maximum absolute atomic E-state index is 9.71. The smallest absolute Gasteiger partial charge is 0.186 e. The van der Waals surface area contributed by atoms with Crippen molar-refractivity contribution in [3.05, 3.63) is 224 Å². The highest BCUT2D eigenvalue weighted by Crippen LogP contribution is 2.68. The van der Waals surface area contributed by atoms with Crippen LogP contribution >= 0.6 is 0 Å². The van der Waals surface area contributed by atoms with E-state index < -0.39 is 72.7 Å². The maximum atomic E-state index is 9.71. The molecule has 0 N–H and O–H groups in total. The Balaban J connectivity index is 1.04. The fraction of sp³-hybridized carbons (Fsp3) is 0.143. The standard InChI is InChI=1S/C63H55N4O/c1-43(2)36-48-24-15-29-59-61(48)67(62-53(45-20-11-7-12-21-45)27-17-28-54(62)46-22-13-8-14-23-46)41-66(59,42-67)50-25-16-26-51(39-50)68-52-31-32-55-56-37-47(44-18-9-6-10-19-44)30-33-57(56)65(58(55)40-52)60-38-49(34-35-64-60)63(3,4)5/h6-35,37-41,43H,36,42H2,1-5H3/q+1/t66-,67-/m1/s1/i7D,8D,11D,12D,13D,14D,20D,21D,22D,23D,36D2. The molecular weight excluding hydrogens is 829 g/mol. The van der Waals surface area contributed by atoms with Gasteiger partial charge in [0.25, 0.3) is 0 Å². The van der Waals surface area contributed by atoms with E-state index in [2.05, 4.69) is 73.9 Å². The molecule has 2 aromatic heterocycles. The summed E-state index contributed by atoms with van der Waals surface area (Å²) in [5, 5.41) is 2.07. The highest BCUT2D eigenvalue weighted by Gasteiger charge is 2.64. The molecule has 5 nitrogen and oxygen atoms in total. The molecule has 0 radical (unpaired) electrons. The second-order valence-corrected chi connectivity index (χ2v) is 19.0. The molecule has 332 valence electrons. The fourth-order valence-corrected chi connectivity index (χ4v) is 10.4. The van der Waals surface area contributed by atoms with E-state index in [-0.39, 0.29) is 49.0 Å². The Morgan fingerprint density at radius 2 is 1.32 bits per heavy atom. The number of fused-ring (bicyclic) bond motifs is 3. The first kappa shape index (κ1) is 30.7. The summed E-state index contributed by atoms with van der Waals surface area (Å²) in [5.41, 5.74) is 7.66. The van der Waals surface area contributed by atoms with Crippen LogP contribution in [0.4, 0.5) is 22.7 Å². The quantitative estimate of drug-likeness (QED) is 0.101. The van der Waals surface area contributed by atoms with Gasteiger partial charge >= 0.3 is 0 Å². The molecule has 0 spiro atoms. The third-order valence-electron chi connectivity index (χ3n) is 13.3. The number of hydrogen-bond acceptors (Lipinski definition) is 2. The number of ether oxygens (including phenoxy) is 1. The van der Waals surface area contributed by atoms with Crippen LogP contribution in [0.5, 0.6) is 11.5 Å². The van der Waals surface area contributed by atoms with Gasteiger partial charge in [-0.15, -0.1) is 0 Å². The summed E-state index contributed by atoms with van der Waals surface area (Å²) in [4.78, 5) is 4.92. The van der Waals surface area contributed by atoms with Crippen molar-refractivity contribution in [2.24, 2.45) is 5.92 Å². The molecule has 3 aliphatic rings. The van der Waals surface area contributed by atoms with Gasteiger partial charge in [-0.1, -0.05) is 156 Å². The Labute approximate surface area is 416 Å². The second kappa shape index (κ2) is 16.1. The van der Waals surface area contributed by atoms with Gasteiger partial charge in [-0.05, 0) is 106 Å². The molecule has 68 heavy (non-hydrogen) atoms. The maximum Gasteiger partial charge on any atom is 0.186 e. The molecule has 2 atom stereocenters. The molecule has 1 saturated heterocycles. The highest BCUT2D eigenvalue weighted by molar-refractivity contribution is 6.11. The number of nitrogens with zero attached hydrogens (tertiary/aromatic N) is 4. The lowest BCUT2D eigenvalue weighted by Gasteiger charge is -2.57. The van der Waals surface area contributed by atoms with Crippen LogP contribution in [0.25, 0.3) is 61.0 Å². The molecule has 8 aromatic carbocycles. The van der Waals surface area contributed by atoms with Crippen LogP contribution < -0.4 is 13.7 Å². The van der Waals surface area contributed by atoms with E-state index in [1.807, 2.05) is 79.6 Å². The first-order valence-electron chi connectivity index (χ1n) is 28.9. The average molecular weight is 896 g/mol. The minimum Gasteiger partial charge on any atom is -0.457 e. The van der Waals surface area contributed by atoms with Gasteiger partial charge in [-0.3, -0.25) is 13.5 Å². The Bertz CT molecular complexity index is 4090. The summed E-state index contributed by atoms with van der Waals surface area (Å²) in [6.45, 7) is 12.3. The molecule has 5 heteroatoms. The van der Waals surface area contributed by atoms with Crippen molar-refractivity contribution in [2.75, 3.05) is 6.67 Å². The number of pyridine rings is 1. The van der Waals surface area contributed by atoms with Gasteiger partial charge in [0.15, 0.2) is 18.0 Å². The summed E-state index contributed by atoms with van der Waals surface area (Å²) in [7, 11) is 0. The van der Waals surface area contributed by atoms with E-state index in [4.69, 9.17) is 17.9 Å². The van der Waals surface area contributed by atoms with Gasteiger partial charge in [0, 0.05) is 54.6 Å². The first-order chi connectivity index (χ1) is 38.0. The zero-order chi connectivity index (χ0) is 56.7. The number of benzene rings is 8. The molecule has 5 heterocycles. The van der Waals surface area contributed by atoms with Crippen LogP contribution in [-0.2, 0) is 11.8 Å². The zero-order valence-electron chi connectivity index (χ0n) is 50.4. The van der Waals surface area contributed by atoms with Crippen molar-refractivity contribution < 1.29 is 21.2 Å². The van der Waals surface area contributed by atoms with Crippen molar-refractivity contribution in [3.63, 3.8) is 0 Å². The average Bonchev–Trinajstić information content (AvgIpc) is 1.60. The van der Waals surface area contributed by atoms with E-state index in [0.717, 1.165) is 50.0 Å². The van der Waals surface area contributed by atoms with Crippen molar-refractivity contribution in [1.29, 1.82) is 0 Å². The second-order valence-electron chi connectivity index (χ2n) is 19.0. The van der Waals surface area contributed by atoms with Crippen LogP contribution in [-0.4, -0.2) is 16.2 Å². The largest absolute Gasteiger partial charge is 0.457 e. The number of rotatable bonds is 10. The van der Waals surface area contributed by atoms with Crippen molar-refractivity contribution in [1.82, 2.24) is 18.5 Å². The molecule has 13 rings (SSSR count). The lowest BCUT2D eigenvalue weighted by molar-refractivity contribution is 0.187. The third kappa shape index (κ3) is 6.79. The summed E-state index contributed by atoms with van der Waals surface area (Å²) < 4.78 is 117. The fourth-order valence-electron chi connectivity index (χ4n) is 10.4. The molecule has 0 amide bonds. The zero-order valence-corrected chi connectivity index (χ0v) is 38.4. The summed E-state index contributed by atoms with van der Waals surface area (Å²) in [5.74, 6) is 1.31. The van der Waals surface area contributed by atoms with Gasteiger partial charge in [0.1, 0.15) is 28.7 Å². The van der Waals surface area contributed by atoms with E-state index in [1.54, 1.807) is 38.1 Å². The number of quaternary nitrogens is 2. The molecular formula is C63H55N4O+. The summed E-state index contributed by atoms with van der Waals surface area (Å²) >= 11 is 0. The van der Waals surface area contributed by atoms with E-state index in [1.165, 1.54) is 0 Å². The van der Waals surface area contributed by atoms with Gasteiger partial charge < -0.3 is 4.74 Å². The Morgan fingerprint density at radius 1 is 0.632 bits per heavy atom.